The SMILES string of the molecule is COc1ncc(NC(=O)c2ccc(NC[C@H](C)N)c3cnc(OC)nc23)cn1. The predicted molar refractivity (Wildman–Crippen MR) is 105 cm³/mol. The number of rotatable bonds is 7. The zero-order chi connectivity index (χ0) is 20.1. The fraction of sp³-hybridized carbons (Fsp3) is 0.278. The van der Waals surface area contributed by atoms with Gasteiger partial charge >= 0.3 is 12.0 Å². The van der Waals surface area contributed by atoms with Gasteiger partial charge in [-0.2, -0.15) is 4.98 Å². The second-order valence-corrected chi connectivity index (χ2v) is 6.05. The number of anilines is 2. The molecule has 0 aliphatic rings. The van der Waals surface area contributed by atoms with Crippen LogP contribution in [0.4, 0.5) is 11.4 Å². The van der Waals surface area contributed by atoms with Gasteiger partial charge in [0.1, 0.15) is 0 Å². The lowest BCUT2D eigenvalue weighted by Crippen LogP contribution is -2.25. The van der Waals surface area contributed by atoms with E-state index in [2.05, 4.69) is 30.6 Å². The fourth-order valence-electron chi connectivity index (χ4n) is 2.49. The van der Waals surface area contributed by atoms with Crippen molar-refractivity contribution in [3.05, 3.63) is 36.3 Å². The highest BCUT2D eigenvalue weighted by Gasteiger charge is 2.16. The van der Waals surface area contributed by atoms with E-state index in [9.17, 15) is 4.79 Å². The van der Waals surface area contributed by atoms with Crippen LogP contribution in [0.1, 0.15) is 17.3 Å². The number of benzene rings is 1. The summed E-state index contributed by atoms with van der Waals surface area (Å²) in [4.78, 5) is 29.3. The fourth-order valence-corrected chi connectivity index (χ4v) is 2.49. The molecule has 3 aromatic rings. The lowest BCUT2D eigenvalue weighted by atomic mass is 10.1. The summed E-state index contributed by atoms with van der Waals surface area (Å²) in [6, 6.07) is 3.81. The molecular weight excluding hydrogens is 362 g/mol. The molecule has 10 heteroatoms. The average Bonchev–Trinajstić information content (AvgIpc) is 2.71. The van der Waals surface area contributed by atoms with E-state index in [4.69, 9.17) is 15.2 Å². The number of fused-ring (bicyclic) bond motifs is 1. The van der Waals surface area contributed by atoms with E-state index >= 15 is 0 Å². The van der Waals surface area contributed by atoms with E-state index in [1.165, 1.54) is 26.6 Å². The van der Waals surface area contributed by atoms with Crippen molar-refractivity contribution in [2.45, 2.75) is 13.0 Å². The number of nitrogens with two attached hydrogens (primary N) is 1. The van der Waals surface area contributed by atoms with Crippen molar-refractivity contribution in [3.63, 3.8) is 0 Å². The van der Waals surface area contributed by atoms with Gasteiger partial charge in [-0.3, -0.25) is 4.79 Å². The van der Waals surface area contributed by atoms with Crippen LogP contribution in [0.5, 0.6) is 12.0 Å². The van der Waals surface area contributed by atoms with Gasteiger partial charge in [-0.05, 0) is 19.1 Å². The van der Waals surface area contributed by atoms with Gasteiger partial charge < -0.3 is 25.8 Å². The van der Waals surface area contributed by atoms with Gasteiger partial charge in [0, 0.05) is 29.9 Å². The van der Waals surface area contributed by atoms with Crippen molar-refractivity contribution in [3.8, 4) is 12.0 Å². The molecule has 0 aliphatic heterocycles. The molecular formula is C18H21N7O3. The molecule has 10 nitrogen and oxygen atoms in total. The molecule has 0 radical (unpaired) electrons. The number of ether oxygens (including phenoxy) is 2. The second-order valence-electron chi connectivity index (χ2n) is 6.05. The number of carbonyl (C=O) groups is 1. The van der Waals surface area contributed by atoms with E-state index in [1.807, 2.05) is 6.92 Å². The zero-order valence-corrected chi connectivity index (χ0v) is 15.8. The molecule has 3 rings (SSSR count). The summed E-state index contributed by atoms with van der Waals surface area (Å²) in [5.41, 5.74) is 7.83. The van der Waals surface area contributed by atoms with Crippen LogP contribution in [-0.2, 0) is 0 Å². The third-order valence-corrected chi connectivity index (χ3v) is 3.84. The molecule has 4 N–H and O–H groups in total. The molecule has 146 valence electrons. The van der Waals surface area contributed by atoms with Crippen LogP contribution < -0.4 is 25.8 Å². The molecule has 0 spiro atoms. The number of hydrogen-bond acceptors (Lipinski definition) is 9. The topological polar surface area (TPSA) is 137 Å². The second kappa shape index (κ2) is 8.44. The summed E-state index contributed by atoms with van der Waals surface area (Å²) < 4.78 is 10.0. The number of carbonyl (C=O) groups excluding carboxylic acids is 1. The third kappa shape index (κ3) is 4.23. The van der Waals surface area contributed by atoms with Gasteiger partial charge in [0.25, 0.3) is 5.91 Å². The molecule has 2 aromatic heterocycles. The molecule has 0 unspecified atom stereocenters. The number of aromatic nitrogens is 4. The monoisotopic (exact) mass is 383 g/mol. The number of hydrogen-bond donors (Lipinski definition) is 3. The lowest BCUT2D eigenvalue weighted by Gasteiger charge is -2.14. The Balaban J connectivity index is 1.96. The van der Waals surface area contributed by atoms with Crippen molar-refractivity contribution in [2.75, 3.05) is 31.4 Å². The van der Waals surface area contributed by atoms with E-state index < -0.39 is 0 Å². The van der Waals surface area contributed by atoms with Gasteiger partial charge in [0.05, 0.1) is 43.4 Å². The Bertz CT molecular complexity index is 977. The Morgan fingerprint density at radius 2 is 1.79 bits per heavy atom. The minimum absolute atomic E-state index is 0.0349. The van der Waals surface area contributed by atoms with Crippen LogP contribution in [-0.4, -0.2) is 52.6 Å². The van der Waals surface area contributed by atoms with Gasteiger partial charge in [-0.15, -0.1) is 0 Å². The van der Waals surface area contributed by atoms with E-state index in [1.54, 1.807) is 18.3 Å². The molecule has 0 aliphatic carbocycles. The number of nitrogens with one attached hydrogen (secondary N) is 2. The number of nitrogens with zero attached hydrogens (tertiary/aromatic N) is 4. The van der Waals surface area contributed by atoms with Crippen LogP contribution in [0.25, 0.3) is 10.9 Å². The smallest absolute Gasteiger partial charge is 0.316 e. The van der Waals surface area contributed by atoms with Crippen molar-refractivity contribution < 1.29 is 14.3 Å². The van der Waals surface area contributed by atoms with E-state index in [0.717, 1.165) is 5.69 Å². The summed E-state index contributed by atoms with van der Waals surface area (Å²) in [6.45, 7) is 2.46. The van der Waals surface area contributed by atoms with Crippen LogP contribution in [0, 0.1) is 0 Å². The van der Waals surface area contributed by atoms with Gasteiger partial charge in [0.15, 0.2) is 0 Å². The first-order chi connectivity index (χ1) is 13.5. The largest absolute Gasteiger partial charge is 0.467 e. The molecule has 2 heterocycles. The Hall–Kier alpha value is -3.53. The van der Waals surface area contributed by atoms with Crippen LogP contribution in [0.15, 0.2) is 30.7 Å². The minimum Gasteiger partial charge on any atom is -0.467 e. The van der Waals surface area contributed by atoms with Gasteiger partial charge in [-0.25, -0.2) is 15.0 Å². The minimum atomic E-state index is -0.363. The Kier molecular flexibility index (Phi) is 5.80. The van der Waals surface area contributed by atoms with Gasteiger partial charge in [0.2, 0.25) is 0 Å². The summed E-state index contributed by atoms with van der Waals surface area (Å²) in [5.74, 6) is -0.363. The Labute approximate surface area is 161 Å². The maximum atomic E-state index is 12.8. The average molecular weight is 383 g/mol. The number of amides is 1. The van der Waals surface area contributed by atoms with Gasteiger partial charge in [-0.1, -0.05) is 0 Å². The molecule has 0 saturated heterocycles. The highest BCUT2D eigenvalue weighted by molar-refractivity contribution is 6.13. The predicted octanol–water partition coefficient (Wildman–Crippen LogP) is 1.45. The molecule has 0 fully saturated rings. The molecule has 28 heavy (non-hydrogen) atoms. The van der Waals surface area contributed by atoms with E-state index in [0.29, 0.717) is 28.7 Å². The van der Waals surface area contributed by atoms with Crippen LogP contribution in [0.3, 0.4) is 0 Å². The van der Waals surface area contributed by atoms with Crippen molar-refractivity contribution in [2.24, 2.45) is 5.73 Å². The Morgan fingerprint density at radius 1 is 1.11 bits per heavy atom. The molecule has 1 atom stereocenters. The molecule has 0 saturated carbocycles. The summed E-state index contributed by atoms with van der Waals surface area (Å²) in [7, 11) is 2.93. The van der Waals surface area contributed by atoms with E-state index in [-0.39, 0.29) is 24.0 Å². The molecule has 1 aromatic carbocycles. The standard InChI is InChI=1S/C18H21N7O3/c1-10(19)6-20-14-5-4-12(15-13(14)9-23-18(25-15)28-3)16(26)24-11-7-21-17(27-2)22-8-11/h4-5,7-10,20H,6,19H2,1-3H3,(H,24,26)/t10-/m0/s1. The first kappa shape index (κ1) is 19.2. The van der Waals surface area contributed by atoms with Crippen molar-refractivity contribution in [1.29, 1.82) is 0 Å². The van der Waals surface area contributed by atoms with Crippen molar-refractivity contribution in [1.82, 2.24) is 19.9 Å². The van der Waals surface area contributed by atoms with Crippen LogP contribution >= 0.6 is 0 Å². The molecule has 0 bridgehead atoms. The highest BCUT2D eigenvalue weighted by atomic mass is 16.5. The Morgan fingerprint density at radius 3 is 2.43 bits per heavy atom. The summed E-state index contributed by atoms with van der Waals surface area (Å²) in [6.07, 6.45) is 4.53. The summed E-state index contributed by atoms with van der Waals surface area (Å²) >= 11 is 0. The zero-order valence-electron chi connectivity index (χ0n) is 15.8. The van der Waals surface area contributed by atoms with Crippen LogP contribution in [0.2, 0.25) is 0 Å². The maximum Gasteiger partial charge on any atom is 0.316 e. The summed E-state index contributed by atoms with van der Waals surface area (Å²) in [5, 5.41) is 6.67. The van der Waals surface area contributed by atoms with Crippen molar-refractivity contribution >= 4 is 28.2 Å². The first-order valence-electron chi connectivity index (χ1n) is 8.52. The first-order valence-corrected chi connectivity index (χ1v) is 8.52. The lowest BCUT2D eigenvalue weighted by molar-refractivity contribution is 0.102. The highest BCUT2D eigenvalue weighted by Crippen LogP contribution is 2.27. The maximum absolute atomic E-state index is 12.8. The number of methoxy groups -OCH3 is 2. The quantitative estimate of drug-likeness (QED) is 0.553. The normalized spacial score (nSPS) is 11.7. The molecule has 1 amide bonds. The third-order valence-electron chi connectivity index (χ3n) is 3.84.